The number of nitrogens with zero attached hydrogens (tertiary/aromatic N) is 14. The summed E-state index contributed by atoms with van der Waals surface area (Å²) < 4.78 is 16.3. The molecule has 722 valence electrons. The van der Waals surface area contributed by atoms with Crippen molar-refractivity contribution in [2.24, 2.45) is 0 Å². The van der Waals surface area contributed by atoms with Crippen LogP contribution in [0.1, 0.15) is 170 Å². The van der Waals surface area contributed by atoms with Gasteiger partial charge >= 0.3 is 5.63 Å². The van der Waals surface area contributed by atoms with Crippen molar-refractivity contribution in [3.8, 4) is 11.3 Å². The predicted octanol–water partition coefficient (Wildman–Crippen LogP) is 27.9. The summed E-state index contributed by atoms with van der Waals surface area (Å²) in [5.41, 5.74) is 27.0. The molecule has 6 radical (unpaired) electrons. The van der Waals surface area contributed by atoms with E-state index in [0.717, 1.165) is 144 Å². The molecule has 14 heterocycles. The van der Waals surface area contributed by atoms with E-state index in [1.165, 1.54) is 44.4 Å². The Hall–Kier alpha value is -11.3. The summed E-state index contributed by atoms with van der Waals surface area (Å²) in [6.07, 6.45) is 7.78. The Bertz CT molecular complexity index is 8460. The molecule has 24 rings (SSSR count). The first-order valence-corrected chi connectivity index (χ1v) is 45.5. The third-order valence-electron chi connectivity index (χ3n) is 24.2. The molecular formula is C118H107Ir6N14O2-7. The third-order valence-corrected chi connectivity index (χ3v) is 24.2. The van der Waals surface area contributed by atoms with Crippen molar-refractivity contribution < 1.29 is 125 Å². The van der Waals surface area contributed by atoms with E-state index in [4.69, 9.17) is 39.3 Å². The number of imidazole rings is 5. The number of hydrogen-bond donors (Lipinski definition) is 0. The van der Waals surface area contributed by atoms with E-state index in [-0.39, 0.29) is 159 Å². The number of hydrogen-bond acceptors (Lipinski definition) is 11. The first-order valence-electron chi connectivity index (χ1n) is 45.5. The minimum absolute atomic E-state index is 0. The van der Waals surface area contributed by atoms with Crippen molar-refractivity contribution in [2.75, 3.05) is 0 Å². The smallest absolute Gasteiger partial charge is 0.327 e. The standard InChI is InChI=1S/C22H24N3.2C19H17N2.C18H16N3.C17H19N2.C12H6NO2.C11H8N.6Ir/c1-21(2,3)18-12-11-14-16(23-18)13-19(22(4,5)6)25-17-10-8-7-9-15(17)24-20(14)25;1-19(2,3)17-12-13-8-4-5-9-14(13)18-20-15-10-6-7-11-16(15)21(17)18;1-19(2,3)14-8-9-16-17(12-14)21-11-10-13-6-4-5-7-15(13)18(21)20-16;1-18(2,3)17-20-13-9-5-4-8-12(13)16-19-14-10-6-7-11-15(14)21(16)17;1-11-12(2)19-10-15(17(3,4)5)13-8-6-7-9-14(13)16(19)18-11;14-12-9-5-3-7-13-11(9)8-4-1-2-6-10(8)15-12;1-2-6-10(7-3-1)11-8-4-5-9-12-11;;;;;;/h7-10,12-13H,1-6H3;4-8,10-12H,1-3H3;4-6,8-12H,1-3H3;4-7,9-11H,1-3H3;6-8,10H,1-5H3;1-3,5-7H;1-6,8-9H;;;;;;/q7*-1;;;;;;. The number of fused-ring (bicyclic) bond motifs is 26. The zero-order valence-corrected chi connectivity index (χ0v) is 96.1. The van der Waals surface area contributed by atoms with E-state index < -0.39 is 0 Å². The van der Waals surface area contributed by atoms with Gasteiger partial charge in [0.05, 0.1) is 72.4 Å². The maximum absolute atomic E-state index is 11.6. The van der Waals surface area contributed by atoms with Gasteiger partial charge in [-0.3, -0.25) is 29.9 Å². The quantitative estimate of drug-likeness (QED) is 0.0871. The van der Waals surface area contributed by atoms with Crippen LogP contribution >= 0.6 is 0 Å². The van der Waals surface area contributed by atoms with Crippen molar-refractivity contribution in [3.05, 3.63) is 384 Å². The molecule has 0 saturated heterocycles. The fraction of sp³-hybridized carbons (Fsp3) is 0.220. The number of aryl methyl sites for hydroxylation is 2. The van der Waals surface area contributed by atoms with Crippen molar-refractivity contribution >= 4 is 148 Å². The molecule has 0 bridgehead atoms. The van der Waals surface area contributed by atoms with Crippen LogP contribution in [0, 0.1) is 56.3 Å². The molecule has 0 N–H and O–H groups in total. The van der Waals surface area contributed by atoms with Gasteiger partial charge in [0, 0.05) is 189 Å². The van der Waals surface area contributed by atoms with Gasteiger partial charge in [-0.1, -0.05) is 231 Å². The van der Waals surface area contributed by atoms with Crippen molar-refractivity contribution in [2.45, 2.75) is 171 Å². The van der Waals surface area contributed by atoms with E-state index >= 15 is 0 Å². The number of benzene rings is 10. The number of para-hydroxylation sites is 6. The molecular weight excluding hydrogens is 2800 g/mol. The molecule has 0 unspecified atom stereocenters. The topological polar surface area (TPSA) is 168 Å². The SMILES string of the molecule is CC(C)(C)c1c[c-]c2c(cc(C(C)(C)C)n3c4ccccc4nc23)n1.CC(C)(C)c1cc2ccc[c-]c2c2nc3ccccc3n12.CC(C)(C)c1ccc2nc3c4[c-]cccc4ccn3c2c1.CC(C)(C)c1nc2ccc[c-]c2c2nc3ccccc3n12.Cc1nc2c3[c-]cccc3c(C(C)(C)C)cn2c1C.O=c1oc2ccc[c-]c2c2ncccc12.[Ir].[Ir].[Ir].[Ir].[Ir].[Ir].[c-]1ccccc1-c1ccccn1. The Labute approximate surface area is 897 Å². The average Bonchev–Trinajstić information content (AvgIpc) is 1.57. The van der Waals surface area contributed by atoms with E-state index in [1.807, 2.05) is 127 Å². The van der Waals surface area contributed by atoms with Gasteiger partial charge in [-0.05, 0) is 131 Å². The van der Waals surface area contributed by atoms with Crippen LogP contribution in [0.5, 0.6) is 0 Å². The van der Waals surface area contributed by atoms with Gasteiger partial charge in [0.1, 0.15) is 5.82 Å². The van der Waals surface area contributed by atoms with Crippen LogP contribution in [-0.4, -0.2) is 66.9 Å². The van der Waals surface area contributed by atoms with Crippen LogP contribution in [-0.2, 0) is 153 Å². The first kappa shape index (κ1) is 108. The van der Waals surface area contributed by atoms with E-state index in [1.54, 1.807) is 42.7 Å². The molecule has 16 nitrogen and oxygen atoms in total. The summed E-state index contributed by atoms with van der Waals surface area (Å²) in [6, 6.07) is 110. The minimum atomic E-state index is -0.356. The first-order chi connectivity index (χ1) is 64.0. The molecule has 0 aliphatic rings. The van der Waals surface area contributed by atoms with Crippen molar-refractivity contribution in [1.82, 2.24) is 66.9 Å². The Balaban J connectivity index is 0.000000146. The van der Waals surface area contributed by atoms with E-state index in [2.05, 4.69) is 328 Å². The van der Waals surface area contributed by atoms with Gasteiger partial charge < -0.3 is 41.4 Å². The Morgan fingerprint density at radius 1 is 0.329 bits per heavy atom. The Morgan fingerprint density at radius 2 is 0.821 bits per heavy atom. The number of aromatic nitrogens is 14. The summed E-state index contributed by atoms with van der Waals surface area (Å²) in [5, 5.41) is 10.1. The zero-order chi connectivity index (χ0) is 94.1. The van der Waals surface area contributed by atoms with Gasteiger partial charge in [-0.2, -0.15) is 0 Å². The third kappa shape index (κ3) is 21.9. The molecule has 24 aromatic rings. The minimum Gasteiger partial charge on any atom is -0.472 e. The van der Waals surface area contributed by atoms with Gasteiger partial charge in [-0.15, -0.1) is 196 Å². The summed E-state index contributed by atoms with van der Waals surface area (Å²) >= 11 is 0. The maximum atomic E-state index is 11.6. The van der Waals surface area contributed by atoms with Crippen LogP contribution in [0.25, 0.3) is 160 Å². The summed E-state index contributed by atoms with van der Waals surface area (Å²) in [5.74, 6) is 1.03. The fourth-order valence-corrected chi connectivity index (χ4v) is 17.1. The Kier molecular flexibility index (Phi) is 33.3. The van der Waals surface area contributed by atoms with Gasteiger partial charge in [-0.25, -0.2) is 4.79 Å². The molecule has 0 atom stereocenters. The number of rotatable bonds is 1. The van der Waals surface area contributed by atoms with Crippen LogP contribution < -0.4 is 5.63 Å². The predicted molar refractivity (Wildman–Crippen MR) is 550 cm³/mol. The molecule has 22 heteroatoms. The van der Waals surface area contributed by atoms with Gasteiger partial charge in [0.15, 0.2) is 0 Å². The largest absolute Gasteiger partial charge is 0.472 e. The summed E-state index contributed by atoms with van der Waals surface area (Å²) in [4.78, 5) is 53.9. The van der Waals surface area contributed by atoms with Gasteiger partial charge in [0.25, 0.3) is 0 Å². The molecule has 0 spiro atoms. The molecule has 14 aromatic heterocycles. The second kappa shape index (κ2) is 43.3. The monoisotopic (exact) mass is 2910 g/mol. The second-order valence-corrected chi connectivity index (χ2v) is 40.2. The van der Waals surface area contributed by atoms with Crippen molar-refractivity contribution in [3.63, 3.8) is 0 Å². The summed E-state index contributed by atoms with van der Waals surface area (Å²) in [6.45, 7) is 44.2. The van der Waals surface area contributed by atoms with E-state index in [9.17, 15) is 4.79 Å². The molecule has 0 saturated carbocycles. The average molecular weight is 2910 g/mol. The Morgan fingerprint density at radius 3 is 1.41 bits per heavy atom. The fourth-order valence-electron chi connectivity index (χ4n) is 17.1. The van der Waals surface area contributed by atoms with E-state index in [0.29, 0.717) is 16.5 Å². The molecule has 0 aliphatic heterocycles. The van der Waals surface area contributed by atoms with Crippen molar-refractivity contribution in [1.29, 1.82) is 0 Å². The maximum Gasteiger partial charge on any atom is 0.327 e. The normalized spacial score (nSPS) is 11.7. The van der Waals surface area contributed by atoms with Crippen LogP contribution in [0.2, 0.25) is 0 Å². The molecule has 0 aliphatic carbocycles. The van der Waals surface area contributed by atoms with Gasteiger partial charge in [0.2, 0.25) is 0 Å². The van der Waals surface area contributed by atoms with Crippen LogP contribution in [0.15, 0.2) is 295 Å². The molecule has 140 heavy (non-hydrogen) atoms. The molecule has 10 aromatic carbocycles. The number of pyridine rings is 7. The van der Waals surface area contributed by atoms with Crippen LogP contribution in [0.3, 0.4) is 0 Å². The molecule has 0 amide bonds. The second-order valence-electron chi connectivity index (χ2n) is 40.2. The summed E-state index contributed by atoms with van der Waals surface area (Å²) in [7, 11) is 0. The molecule has 0 fully saturated rings. The zero-order valence-electron chi connectivity index (χ0n) is 81.7. The van der Waals surface area contributed by atoms with Crippen LogP contribution in [0.4, 0.5) is 0 Å².